The molecule has 1 aromatic carbocycles. The zero-order valence-corrected chi connectivity index (χ0v) is 12.0. The molecule has 0 saturated heterocycles. The van der Waals surface area contributed by atoms with Crippen LogP contribution in [0.1, 0.15) is 11.3 Å². The van der Waals surface area contributed by atoms with E-state index in [0.29, 0.717) is 16.9 Å². The SMILES string of the molecule is N#Cc1ccc2nc(-c3ccc(Br)cc3)c(CO)n2c1. The molecule has 0 aliphatic heterocycles. The highest BCUT2D eigenvalue weighted by Gasteiger charge is 2.13. The van der Waals surface area contributed by atoms with Crippen LogP contribution in [0.25, 0.3) is 16.9 Å². The van der Waals surface area contributed by atoms with Gasteiger partial charge in [0.25, 0.3) is 0 Å². The number of hydrogen-bond donors (Lipinski definition) is 1. The molecule has 2 heterocycles. The molecule has 3 aromatic rings. The number of aromatic nitrogens is 2. The van der Waals surface area contributed by atoms with Gasteiger partial charge in [-0.3, -0.25) is 4.40 Å². The Kier molecular flexibility index (Phi) is 3.26. The van der Waals surface area contributed by atoms with Gasteiger partial charge in [0.05, 0.1) is 23.6 Å². The fourth-order valence-corrected chi connectivity index (χ4v) is 2.41. The Balaban J connectivity index is 2.25. The van der Waals surface area contributed by atoms with Gasteiger partial charge in [0.1, 0.15) is 11.7 Å². The van der Waals surface area contributed by atoms with Crippen LogP contribution in [0, 0.1) is 11.3 Å². The fraction of sp³-hybridized carbons (Fsp3) is 0.0667. The summed E-state index contributed by atoms with van der Waals surface area (Å²) in [6.07, 6.45) is 1.69. The first kappa shape index (κ1) is 12.9. The van der Waals surface area contributed by atoms with Crippen molar-refractivity contribution in [2.45, 2.75) is 6.61 Å². The van der Waals surface area contributed by atoms with E-state index in [0.717, 1.165) is 15.7 Å². The van der Waals surface area contributed by atoms with Crippen LogP contribution < -0.4 is 0 Å². The first-order valence-electron chi connectivity index (χ1n) is 6.01. The lowest BCUT2D eigenvalue weighted by atomic mass is 10.1. The van der Waals surface area contributed by atoms with E-state index in [-0.39, 0.29) is 6.61 Å². The number of hydrogen-bond acceptors (Lipinski definition) is 3. The van der Waals surface area contributed by atoms with Crippen molar-refractivity contribution in [1.82, 2.24) is 9.38 Å². The number of rotatable bonds is 2. The molecule has 0 bridgehead atoms. The highest BCUT2D eigenvalue weighted by atomic mass is 79.9. The molecule has 0 aliphatic rings. The summed E-state index contributed by atoms with van der Waals surface area (Å²) < 4.78 is 2.75. The number of benzene rings is 1. The summed E-state index contributed by atoms with van der Waals surface area (Å²) in [5.41, 5.74) is 3.59. The van der Waals surface area contributed by atoms with Gasteiger partial charge < -0.3 is 5.11 Å². The lowest BCUT2D eigenvalue weighted by molar-refractivity contribution is 0.276. The van der Waals surface area contributed by atoms with Crippen molar-refractivity contribution < 1.29 is 5.11 Å². The van der Waals surface area contributed by atoms with Gasteiger partial charge in [0, 0.05) is 16.2 Å². The number of aliphatic hydroxyl groups is 1. The molecular weight excluding hydrogens is 318 g/mol. The summed E-state index contributed by atoms with van der Waals surface area (Å²) in [5, 5.41) is 18.6. The molecule has 0 fully saturated rings. The first-order chi connectivity index (χ1) is 9.72. The van der Waals surface area contributed by atoms with Crippen molar-refractivity contribution in [1.29, 1.82) is 5.26 Å². The number of pyridine rings is 1. The largest absolute Gasteiger partial charge is 0.390 e. The third-order valence-corrected chi connectivity index (χ3v) is 3.64. The van der Waals surface area contributed by atoms with Crippen molar-refractivity contribution in [3.8, 4) is 17.3 Å². The van der Waals surface area contributed by atoms with Crippen LogP contribution in [0.3, 0.4) is 0 Å². The predicted octanol–water partition coefficient (Wildman–Crippen LogP) is 3.13. The summed E-state index contributed by atoms with van der Waals surface area (Å²) >= 11 is 3.40. The van der Waals surface area contributed by atoms with Gasteiger partial charge in [0.2, 0.25) is 0 Å². The van der Waals surface area contributed by atoms with E-state index in [1.807, 2.05) is 24.3 Å². The second-order valence-corrected chi connectivity index (χ2v) is 5.25. The Morgan fingerprint density at radius 3 is 2.60 bits per heavy atom. The molecule has 0 atom stereocenters. The van der Waals surface area contributed by atoms with Crippen LogP contribution in [-0.2, 0) is 6.61 Å². The lowest BCUT2D eigenvalue weighted by Gasteiger charge is -2.02. The monoisotopic (exact) mass is 327 g/mol. The highest BCUT2D eigenvalue weighted by molar-refractivity contribution is 9.10. The van der Waals surface area contributed by atoms with Gasteiger partial charge in [0.15, 0.2) is 0 Å². The normalized spacial score (nSPS) is 10.7. The average Bonchev–Trinajstić information content (AvgIpc) is 2.85. The van der Waals surface area contributed by atoms with Crippen LogP contribution in [0.5, 0.6) is 0 Å². The molecule has 1 N–H and O–H groups in total. The summed E-state index contributed by atoms with van der Waals surface area (Å²) in [6.45, 7) is -0.137. The standard InChI is InChI=1S/C15H10BrN3O/c16-12-4-2-11(3-5-12)15-13(9-20)19-8-10(7-17)1-6-14(19)18-15/h1-6,8,20H,9H2. The maximum atomic E-state index is 9.63. The molecule has 0 unspecified atom stereocenters. The van der Waals surface area contributed by atoms with E-state index in [1.165, 1.54) is 0 Å². The van der Waals surface area contributed by atoms with E-state index in [1.54, 1.807) is 22.7 Å². The Morgan fingerprint density at radius 2 is 1.95 bits per heavy atom. The Labute approximate surface area is 124 Å². The van der Waals surface area contributed by atoms with Crippen molar-refractivity contribution in [3.63, 3.8) is 0 Å². The number of imidazole rings is 1. The minimum Gasteiger partial charge on any atom is -0.390 e. The molecule has 0 spiro atoms. The maximum absolute atomic E-state index is 9.63. The van der Waals surface area contributed by atoms with Gasteiger partial charge in [-0.25, -0.2) is 4.98 Å². The average molecular weight is 328 g/mol. The van der Waals surface area contributed by atoms with E-state index >= 15 is 0 Å². The quantitative estimate of drug-likeness (QED) is 0.786. The molecular formula is C15H10BrN3O. The predicted molar refractivity (Wildman–Crippen MR) is 79.0 cm³/mol. The van der Waals surface area contributed by atoms with Crippen LogP contribution in [0.15, 0.2) is 47.1 Å². The molecule has 2 aromatic heterocycles. The van der Waals surface area contributed by atoms with Gasteiger partial charge in [-0.05, 0) is 24.3 Å². The lowest BCUT2D eigenvalue weighted by Crippen LogP contribution is -1.95. The fourth-order valence-electron chi connectivity index (χ4n) is 2.15. The van der Waals surface area contributed by atoms with E-state index in [4.69, 9.17) is 5.26 Å². The molecule has 5 heteroatoms. The van der Waals surface area contributed by atoms with Crippen LogP contribution in [-0.4, -0.2) is 14.5 Å². The number of nitriles is 1. The molecule has 4 nitrogen and oxygen atoms in total. The minimum absolute atomic E-state index is 0.137. The molecule has 0 aliphatic carbocycles. The highest BCUT2D eigenvalue weighted by Crippen LogP contribution is 2.26. The molecule has 0 radical (unpaired) electrons. The van der Waals surface area contributed by atoms with Gasteiger partial charge in [-0.2, -0.15) is 5.26 Å². The van der Waals surface area contributed by atoms with Crippen molar-refractivity contribution in [2.75, 3.05) is 0 Å². The molecule has 3 rings (SSSR count). The van der Waals surface area contributed by atoms with Gasteiger partial charge in [-0.15, -0.1) is 0 Å². The summed E-state index contributed by atoms with van der Waals surface area (Å²) in [5.74, 6) is 0. The van der Waals surface area contributed by atoms with Gasteiger partial charge >= 0.3 is 0 Å². The second-order valence-electron chi connectivity index (χ2n) is 4.33. The van der Waals surface area contributed by atoms with Crippen molar-refractivity contribution >= 4 is 21.6 Å². The van der Waals surface area contributed by atoms with Crippen LogP contribution in [0.4, 0.5) is 0 Å². The first-order valence-corrected chi connectivity index (χ1v) is 6.80. The number of aliphatic hydroxyl groups excluding tert-OH is 1. The van der Waals surface area contributed by atoms with E-state index < -0.39 is 0 Å². The smallest absolute Gasteiger partial charge is 0.137 e. The zero-order valence-electron chi connectivity index (χ0n) is 10.4. The molecule has 20 heavy (non-hydrogen) atoms. The third kappa shape index (κ3) is 2.09. The van der Waals surface area contributed by atoms with Crippen LogP contribution in [0.2, 0.25) is 0 Å². The maximum Gasteiger partial charge on any atom is 0.137 e. The Morgan fingerprint density at radius 1 is 1.20 bits per heavy atom. The Hall–Kier alpha value is -2.16. The van der Waals surface area contributed by atoms with Crippen molar-refractivity contribution in [2.24, 2.45) is 0 Å². The minimum atomic E-state index is -0.137. The molecule has 0 amide bonds. The number of halogens is 1. The van der Waals surface area contributed by atoms with Crippen molar-refractivity contribution in [3.05, 3.63) is 58.3 Å². The number of nitrogens with zero attached hydrogens (tertiary/aromatic N) is 3. The third-order valence-electron chi connectivity index (χ3n) is 3.11. The topological polar surface area (TPSA) is 61.3 Å². The summed E-state index contributed by atoms with van der Waals surface area (Å²) in [4.78, 5) is 4.54. The van der Waals surface area contributed by atoms with Crippen LogP contribution >= 0.6 is 15.9 Å². The molecule has 0 saturated carbocycles. The molecule has 98 valence electrons. The zero-order chi connectivity index (χ0) is 14.1. The summed E-state index contributed by atoms with van der Waals surface area (Å²) in [7, 11) is 0. The second kappa shape index (κ2) is 5.08. The van der Waals surface area contributed by atoms with E-state index in [2.05, 4.69) is 27.0 Å². The number of fused-ring (bicyclic) bond motifs is 1. The van der Waals surface area contributed by atoms with Gasteiger partial charge in [-0.1, -0.05) is 28.1 Å². The summed E-state index contributed by atoms with van der Waals surface area (Å²) in [6, 6.07) is 13.3. The Bertz CT molecular complexity index is 815. The van der Waals surface area contributed by atoms with E-state index in [9.17, 15) is 5.11 Å².